The summed E-state index contributed by atoms with van der Waals surface area (Å²) in [5.74, 6) is -2.06. The molecule has 1 N–H and O–H groups in total. The number of carbonyl (C=O) groups is 1. The van der Waals surface area contributed by atoms with E-state index in [1.807, 2.05) is 0 Å². The molecule has 26 heavy (non-hydrogen) atoms. The molecule has 0 bridgehead atoms. The first-order valence-corrected chi connectivity index (χ1v) is 8.24. The van der Waals surface area contributed by atoms with Gasteiger partial charge in [-0.2, -0.15) is 0 Å². The molecule has 0 aliphatic carbocycles. The second kappa shape index (κ2) is 7.43. The minimum absolute atomic E-state index is 0.152. The summed E-state index contributed by atoms with van der Waals surface area (Å²) in [6.07, 6.45) is 0. The monoisotopic (exact) mass is 396 g/mol. The van der Waals surface area contributed by atoms with E-state index in [0.717, 1.165) is 17.8 Å². The summed E-state index contributed by atoms with van der Waals surface area (Å²) in [6, 6.07) is 7.89. The predicted octanol–water partition coefficient (Wildman–Crippen LogP) is 5.15. The van der Waals surface area contributed by atoms with E-state index in [1.165, 1.54) is 6.07 Å². The summed E-state index contributed by atoms with van der Waals surface area (Å²) in [6.45, 7) is 1.35. The molecule has 0 saturated heterocycles. The maximum absolute atomic E-state index is 13.6. The molecule has 3 rings (SSSR count). The average molecular weight is 397 g/mol. The number of fused-ring (bicyclic) bond motifs is 1. The van der Waals surface area contributed by atoms with E-state index < -0.39 is 24.1 Å². The van der Waals surface area contributed by atoms with Crippen LogP contribution in [0.25, 0.3) is 10.9 Å². The van der Waals surface area contributed by atoms with Crippen LogP contribution in [0.3, 0.4) is 0 Å². The third-order valence-electron chi connectivity index (χ3n) is 3.53. The maximum Gasteiger partial charge on any atom is 0.262 e. The van der Waals surface area contributed by atoms with Crippen LogP contribution in [-0.2, 0) is 4.79 Å². The number of ether oxygens (including phenoxy) is 1. The highest BCUT2D eigenvalue weighted by molar-refractivity contribution is 6.39. The van der Waals surface area contributed by atoms with Crippen LogP contribution in [-0.4, -0.2) is 17.5 Å². The van der Waals surface area contributed by atoms with Crippen molar-refractivity contribution in [2.75, 3.05) is 11.9 Å². The highest BCUT2D eigenvalue weighted by atomic mass is 35.5. The summed E-state index contributed by atoms with van der Waals surface area (Å²) in [4.78, 5) is 16.4. The molecule has 2 aromatic carbocycles. The molecule has 0 unspecified atom stereocenters. The first-order chi connectivity index (χ1) is 12.3. The summed E-state index contributed by atoms with van der Waals surface area (Å²) in [7, 11) is 0. The molecule has 0 fully saturated rings. The SMILES string of the molecule is Cc1ccc2c(Cl)cc(Cl)c(OCC(=O)Nc3ccc(F)cc3F)c2n1. The lowest BCUT2D eigenvalue weighted by atomic mass is 10.2. The zero-order valence-electron chi connectivity index (χ0n) is 13.4. The Morgan fingerprint density at radius 2 is 1.92 bits per heavy atom. The lowest BCUT2D eigenvalue weighted by molar-refractivity contribution is -0.118. The van der Waals surface area contributed by atoms with Crippen LogP contribution in [0, 0.1) is 18.6 Å². The lowest BCUT2D eigenvalue weighted by Crippen LogP contribution is -2.21. The second-order valence-corrected chi connectivity index (χ2v) is 6.29. The van der Waals surface area contributed by atoms with Crippen LogP contribution < -0.4 is 10.1 Å². The van der Waals surface area contributed by atoms with Crippen molar-refractivity contribution in [3.05, 3.63) is 63.8 Å². The van der Waals surface area contributed by atoms with Crippen molar-refractivity contribution in [2.45, 2.75) is 6.92 Å². The summed E-state index contributed by atoms with van der Waals surface area (Å²) >= 11 is 12.3. The van der Waals surface area contributed by atoms with Crippen molar-refractivity contribution in [3.63, 3.8) is 0 Å². The Labute approximate surface area is 157 Å². The van der Waals surface area contributed by atoms with E-state index in [2.05, 4.69) is 10.3 Å². The maximum atomic E-state index is 13.6. The quantitative estimate of drug-likeness (QED) is 0.663. The normalized spacial score (nSPS) is 10.8. The predicted molar refractivity (Wildman–Crippen MR) is 97.0 cm³/mol. The zero-order valence-corrected chi connectivity index (χ0v) is 15.0. The molecular formula is C18H12Cl2F2N2O2. The van der Waals surface area contributed by atoms with Crippen molar-refractivity contribution in [2.24, 2.45) is 0 Å². The largest absolute Gasteiger partial charge is 0.480 e. The van der Waals surface area contributed by atoms with Gasteiger partial charge >= 0.3 is 0 Å². The third-order valence-corrected chi connectivity index (χ3v) is 4.12. The molecule has 0 spiro atoms. The van der Waals surface area contributed by atoms with Gasteiger partial charge in [0, 0.05) is 17.1 Å². The van der Waals surface area contributed by atoms with Crippen LogP contribution in [0.2, 0.25) is 10.0 Å². The van der Waals surface area contributed by atoms with Gasteiger partial charge in [-0.05, 0) is 37.3 Å². The molecule has 0 aliphatic heterocycles. The van der Waals surface area contributed by atoms with E-state index >= 15 is 0 Å². The molecule has 1 heterocycles. The number of amides is 1. The molecule has 1 aromatic heterocycles. The van der Waals surface area contributed by atoms with Crippen LogP contribution in [0.15, 0.2) is 36.4 Å². The van der Waals surface area contributed by atoms with Gasteiger partial charge in [0.25, 0.3) is 5.91 Å². The number of pyridine rings is 1. The number of nitrogens with one attached hydrogen (secondary N) is 1. The van der Waals surface area contributed by atoms with Gasteiger partial charge in [0.2, 0.25) is 0 Å². The Hall–Kier alpha value is -2.44. The molecule has 1 amide bonds. The summed E-state index contributed by atoms with van der Waals surface area (Å²) in [5.41, 5.74) is 0.989. The second-order valence-electron chi connectivity index (χ2n) is 5.48. The Balaban J connectivity index is 1.81. The van der Waals surface area contributed by atoms with Gasteiger partial charge in [-0.1, -0.05) is 23.2 Å². The summed E-state index contributed by atoms with van der Waals surface area (Å²) < 4.78 is 32.0. The Kier molecular flexibility index (Phi) is 5.25. The molecule has 134 valence electrons. The number of halogens is 4. The van der Waals surface area contributed by atoms with Crippen molar-refractivity contribution >= 4 is 45.7 Å². The van der Waals surface area contributed by atoms with Crippen molar-refractivity contribution in [1.82, 2.24) is 4.98 Å². The van der Waals surface area contributed by atoms with Gasteiger partial charge in [0.1, 0.15) is 17.2 Å². The van der Waals surface area contributed by atoms with Crippen LogP contribution in [0.5, 0.6) is 5.75 Å². The van der Waals surface area contributed by atoms with E-state index in [1.54, 1.807) is 19.1 Å². The smallest absolute Gasteiger partial charge is 0.262 e. The van der Waals surface area contributed by atoms with Crippen LogP contribution in [0.4, 0.5) is 14.5 Å². The number of rotatable bonds is 4. The Morgan fingerprint density at radius 1 is 1.15 bits per heavy atom. The standard InChI is InChI=1S/C18H12Cl2F2N2O2/c1-9-2-4-11-12(19)7-13(20)18(17(11)23-9)26-8-16(25)24-15-5-3-10(21)6-14(15)22/h2-7H,8H2,1H3,(H,24,25). The number of nitrogens with zero attached hydrogens (tertiary/aromatic N) is 1. The number of benzene rings is 2. The highest BCUT2D eigenvalue weighted by Gasteiger charge is 2.15. The van der Waals surface area contributed by atoms with Gasteiger partial charge in [0.05, 0.1) is 15.7 Å². The molecule has 0 aliphatic rings. The first-order valence-electron chi connectivity index (χ1n) is 7.48. The number of carbonyl (C=O) groups excluding carboxylic acids is 1. The average Bonchev–Trinajstić information content (AvgIpc) is 2.57. The van der Waals surface area contributed by atoms with Crippen molar-refractivity contribution in [1.29, 1.82) is 0 Å². The molecule has 0 atom stereocenters. The number of aromatic nitrogens is 1. The number of hydrogen-bond acceptors (Lipinski definition) is 3. The first kappa shape index (κ1) is 18.4. The summed E-state index contributed by atoms with van der Waals surface area (Å²) in [5, 5.41) is 3.53. The fraction of sp³-hybridized carbons (Fsp3) is 0.111. The molecule has 8 heteroatoms. The fourth-order valence-corrected chi connectivity index (χ4v) is 2.91. The van der Waals surface area contributed by atoms with E-state index in [-0.39, 0.29) is 16.5 Å². The minimum atomic E-state index is -0.884. The Morgan fingerprint density at radius 3 is 2.65 bits per heavy atom. The molecular weight excluding hydrogens is 385 g/mol. The van der Waals surface area contributed by atoms with E-state index in [9.17, 15) is 13.6 Å². The molecule has 0 radical (unpaired) electrons. The molecule has 4 nitrogen and oxygen atoms in total. The molecule has 3 aromatic rings. The lowest BCUT2D eigenvalue weighted by Gasteiger charge is -2.12. The highest BCUT2D eigenvalue weighted by Crippen LogP contribution is 2.37. The topological polar surface area (TPSA) is 51.2 Å². The number of anilines is 1. The fourth-order valence-electron chi connectivity index (χ4n) is 2.34. The van der Waals surface area contributed by atoms with Gasteiger partial charge in [-0.15, -0.1) is 0 Å². The van der Waals surface area contributed by atoms with Crippen LogP contribution in [0.1, 0.15) is 5.69 Å². The van der Waals surface area contributed by atoms with Crippen molar-refractivity contribution in [3.8, 4) is 5.75 Å². The van der Waals surface area contributed by atoms with Crippen LogP contribution >= 0.6 is 23.2 Å². The van der Waals surface area contributed by atoms with Gasteiger partial charge in [-0.25, -0.2) is 13.8 Å². The van der Waals surface area contributed by atoms with Crippen molar-refractivity contribution < 1.29 is 18.3 Å². The van der Waals surface area contributed by atoms with Gasteiger partial charge in [0.15, 0.2) is 12.4 Å². The number of aryl methyl sites for hydroxylation is 1. The zero-order chi connectivity index (χ0) is 18.8. The number of hydrogen-bond donors (Lipinski definition) is 1. The third kappa shape index (κ3) is 3.86. The van der Waals surface area contributed by atoms with E-state index in [0.29, 0.717) is 22.0 Å². The van der Waals surface area contributed by atoms with Gasteiger partial charge < -0.3 is 10.1 Å². The Bertz CT molecular complexity index is 1010. The minimum Gasteiger partial charge on any atom is -0.480 e. The van der Waals surface area contributed by atoms with E-state index in [4.69, 9.17) is 27.9 Å². The van der Waals surface area contributed by atoms with Gasteiger partial charge in [-0.3, -0.25) is 4.79 Å². The molecule has 0 saturated carbocycles.